The maximum atomic E-state index is 6.12. The summed E-state index contributed by atoms with van der Waals surface area (Å²) in [7, 11) is 0. The summed E-state index contributed by atoms with van der Waals surface area (Å²) in [6.45, 7) is 4.29. The lowest BCUT2D eigenvalue weighted by atomic mass is 10.1. The summed E-state index contributed by atoms with van der Waals surface area (Å²) in [5, 5.41) is 0. The van der Waals surface area contributed by atoms with Gasteiger partial charge in [0.15, 0.2) is 0 Å². The maximum Gasteiger partial charge on any atom is 0.0663 e. The van der Waals surface area contributed by atoms with Gasteiger partial charge in [0.25, 0.3) is 0 Å². The number of benzene rings is 1. The molecular formula is C14H21NO2. The Labute approximate surface area is 103 Å². The molecule has 2 rings (SSSR count). The maximum absolute atomic E-state index is 6.12. The summed E-state index contributed by atoms with van der Waals surface area (Å²) in [4.78, 5) is 0. The predicted octanol–water partition coefficient (Wildman–Crippen LogP) is 2.19. The Balaban J connectivity index is 1.82. The Morgan fingerprint density at radius 2 is 2.18 bits per heavy atom. The summed E-state index contributed by atoms with van der Waals surface area (Å²) >= 11 is 0. The zero-order chi connectivity index (χ0) is 12.1. The van der Waals surface area contributed by atoms with Gasteiger partial charge in [-0.1, -0.05) is 29.8 Å². The first-order chi connectivity index (χ1) is 8.25. The van der Waals surface area contributed by atoms with Crippen molar-refractivity contribution in [1.82, 2.24) is 0 Å². The lowest BCUT2D eigenvalue weighted by Crippen LogP contribution is -2.27. The van der Waals surface area contributed by atoms with Gasteiger partial charge >= 0.3 is 0 Å². The highest BCUT2D eigenvalue weighted by atomic mass is 16.5. The number of hydrogen-bond donors (Lipinski definition) is 1. The van der Waals surface area contributed by atoms with E-state index in [0.717, 1.165) is 31.6 Å². The molecule has 1 unspecified atom stereocenters. The van der Waals surface area contributed by atoms with Crippen molar-refractivity contribution in [2.24, 2.45) is 5.73 Å². The SMILES string of the molecule is Cc1cccc(C(N)COC2CCOCC2)c1. The lowest BCUT2D eigenvalue weighted by Gasteiger charge is -2.24. The molecular weight excluding hydrogens is 214 g/mol. The molecule has 0 radical (unpaired) electrons. The Morgan fingerprint density at radius 3 is 2.88 bits per heavy atom. The molecule has 1 aromatic rings. The van der Waals surface area contributed by atoms with Crippen LogP contribution in [-0.2, 0) is 9.47 Å². The van der Waals surface area contributed by atoms with Crippen molar-refractivity contribution in [1.29, 1.82) is 0 Å². The normalized spacial score (nSPS) is 19.2. The third kappa shape index (κ3) is 3.80. The molecule has 0 amide bonds. The largest absolute Gasteiger partial charge is 0.381 e. The molecule has 1 atom stereocenters. The van der Waals surface area contributed by atoms with Crippen molar-refractivity contribution in [2.45, 2.75) is 31.9 Å². The van der Waals surface area contributed by atoms with Crippen LogP contribution in [0.3, 0.4) is 0 Å². The van der Waals surface area contributed by atoms with Crippen molar-refractivity contribution in [3.05, 3.63) is 35.4 Å². The molecule has 1 fully saturated rings. The molecule has 3 heteroatoms. The fourth-order valence-electron chi connectivity index (χ4n) is 2.08. The molecule has 0 aromatic heterocycles. The number of rotatable bonds is 4. The van der Waals surface area contributed by atoms with Gasteiger partial charge in [0.1, 0.15) is 0 Å². The molecule has 17 heavy (non-hydrogen) atoms. The smallest absolute Gasteiger partial charge is 0.0663 e. The minimum absolute atomic E-state index is 0.0299. The molecule has 0 spiro atoms. The van der Waals surface area contributed by atoms with Crippen LogP contribution >= 0.6 is 0 Å². The monoisotopic (exact) mass is 235 g/mol. The Bertz CT molecular complexity index is 348. The van der Waals surface area contributed by atoms with Crippen molar-refractivity contribution in [3.63, 3.8) is 0 Å². The molecule has 1 aromatic carbocycles. The van der Waals surface area contributed by atoms with Crippen LogP contribution < -0.4 is 5.73 Å². The third-order valence-corrected chi connectivity index (χ3v) is 3.15. The minimum atomic E-state index is -0.0299. The van der Waals surface area contributed by atoms with Gasteiger partial charge in [-0.25, -0.2) is 0 Å². The molecule has 1 aliphatic rings. The molecule has 1 heterocycles. The molecule has 3 nitrogen and oxygen atoms in total. The van der Waals surface area contributed by atoms with E-state index in [-0.39, 0.29) is 6.04 Å². The van der Waals surface area contributed by atoms with Crippen LogP contribution in [0.1, 0.15) is 30.0 Å². The topological polar surface area (TPSA) is 44.5 Å². The van der Waals surface area contributed by atoms with E-state index in [0.29, 0.717) is 12.7 Å². The third-order valence-electron chi connectivity index (χ3n) is 3.15. The molecule has 1 aliphatic heterocycles. The average molecular weight is 235 g/mol. The summed E-state index contributed by atoms with van der Waals surface area (Å²) in [5.41, 5.74) is 8.51. The Morgan fingerprint density at radius 1 is 1.41 bits per heavy atom. The molecule has 2 N–H and O–H groups in total. The number of ether oxygens (including phenoxy) is 2. The molecule has 0 saturated carbocycles. The first kappa shape index (κ1) is 12.6. The van der Waals surface area contributed by atoms with Gasteiger partial charge in [-0.3, -0.25) is 0 Å². The van der Waals surface area contributed by atoms with Gasteiger partial charge in [0.05, 0.1) is 18.8 Å². The van der Waals surface area contributed by atoms with Crippen molar-refractivity contribution in [2.75, 3.05) is 19.8 Å². The van der Waals surface area contributed by atoms with E-state index >= 15 is 0 Å². The molecule has 94 valence electrons. The van der Waals surface area contributed by atoms with Crippen molar-refractivity contribution in [3.8, 4) is 0 Å². The molecule has 0 bridgehead atoms. The van der Waals surface area contributed by atoms with Crippen LogP contribution in [0.15, 0.2) is 24.3 Å². The highest BCUT2D eigenvalue weighted by Crippen LogP contribution is 2.16. The van der Waals surface area contributed by atoms with E-state index in [9.17, 15) is 0 Å². The van der Waals surface area contributed by atoms with Gasteiger partial charge in [-0.05, 0) is 25.3 Å². The quantitative estimate of drug-likeness (QED) is 0.870. The average Bonchev–Trinajstić information content (AvgIpc) is 2.37. The van der Waals surface area contributed by atoms with E-state index in [1.807, 2.05) is 6.07 Å². The van der Waals surface area contributed by atoms with E-state index < -0.39 is 0 Å². The zero-order valence-corrected chi connectivity index (χ0v) is 10.4. The minimum Gasteiger partial charge on any atom is -0.381 e. The standard InChI is InChI=1S/C14H21NO2/c1-11-3-2-4-12(9-11)14(15)10-17-13-5-7-16-8-6-13/h2-4,9,13-14H,5-8,10,15H2,1H3. The second-order valence-electron chi connectivity index (χ2n) is 4.67. The highest BCUT2D eigenvalue weighted by molar-refractivity contribution is 5.24. The predicted molar refractivity (Wildman–Crippen MR) is 67.9 cm³/mol. The number of hydrogen-bond acceptors (Lipinski definition) is 3. The highest BCUT2D eigenvalue weighted by Gasteiger charge is 2.16. The Kier molecular flexibility index (Phi) is 4.54. The van der Waals surface area contributed by atoms with Gasteiger partial charge in [-0.15, -0.1) is 0 Å². The molecule has 0 aliphatic carbocycles. The van der Waals surface area contributed by atoms with Crippen LogP contribution in [0.4, 0.5) is 0 Å². The zero-order valence-electron chi connectivity index (χ0n) is 10.4. The van der Waals surface area contributed by atoms with Crippen LogP contribution in [0, 0.1) is 6.92 Å². The van der Waals surface area contributed by atoms with Gasteiger partial charge in [0, 0.05) is 13.2 Å². The summed E-state index contributed by atoms with van der Waals surface area (Å²) in [5.74, 6) is 0. The number of nitrogens with two attached hydrogens (primary N) is 1. The van der Waals surface area contributed by atoms with Crippen LogP contribution in [0.2, 0.25) is 0 Å². The second-order valence-corrected chi connectivity index (χ2v) is 4.67. The van der Waals surface area contributed by atoms with E-state index in [4.69, 9.17) is 15.2 Å². The fourth-order valence-corrected chi connectivity index (χ4v) is 2.08. The van der Waals surface area contributed by atoms with Crippen molar-refractivity contribution < 1.29 is 9.47 Å². The van der Waals surface area contributed by atoms with Gasteiger partial charge in [-0.2, -0.15) is 0 Å². The van der Waals surface area contributed by atoms with E-state index in [1.54, 1.807) is 0 Å². The summed E-state index contributed by atoms with van der Waals surface area (Å²) in [6.07, 6.45) is 2.29. The molecule has 1 saturated heterocycles. The van der Waals surface area contributed by atoms with Gasteiger partial charge in [0.2, 0.25) is 0 Å². The van der Waals surface area contributed by atoms with E-state index in [1.165, 1.54) is 5.56 Å². The van der Waals surface area contributed by atoms with Crippen molar-refractivity contribution >= 4 is 0 Å². The van der Waals surface area contributed by atoms with Crippen LogP contribution in [0.25, 0.3) is 0 Å². The van der Waals surface area contributed by atoms with Crippen LogP contribution in [0.5, 0.6) is 0 Å². The first-order valence-electron chi connectivity index (χ1n) is 6.27. The summed E-state index contributed by atoms with van der Waals surface area (Å²) < 4.78 is 11.1. The number of aryl methyl sites for hydroxylation is 1. The van der Waals surface area contributed by atoms with E-state index in [2.05, 4.69) is 25.1 Å². The fraction of sp³-hybridized carbons (Fsp3) is 0.571. The lowest BCUT2D eigenvalue weighted by molar-refractivity contribution is -0.0358. The second kappa shape index (κ2) is 6.15. The van der Waals surface area contributed by atoms with Gasteiger partial charge < -0.3 is 15.2 Å². The first-order valence-corrected chi connectivity index (χ1v) is 6.27. The Hall–Kier alpha value is -0.900. The van der Waals surface area contributed by atoms with Crippen LogP contribution in [-0.4, -0.2) is 25.9 Å². The summed E-state index contributed by atoms with van der Waals surface area (Å²) in [6, 6.07) is 8.27.